The molecule has 2 heterocycles. The zero-order chi connectivity index (χ0) is 18.5. The summed E-state index contributed by atoms with van der Waals surface area (Å²) in [5.74, 6) is 0.350. The molecule has 2 aromatic rings. The number of nitrogens with zero attached hydrogens (tertiary/aromatic N) is 2. The predicted molar refractivity (Wildman–Crippen MR) is 105 cm³/mol. The van der Waals surface area contributed by atoms with Crippen molar-refractivity contribution in [2.75, 3.05) is 31.9 Å². The minimum absolute atomic E-state index is 0.0339. The number of amides is 2. The van der Waals surface area contributed by atoms with Gasteiger partial charge < -0.3 is 9.80 Å². The molecular weight excluding hydrogens is 368 g/mol. The lowest BCUT2D eigenvalue weighted by Gasteiger charge is -2.34. The van der Waals surface area contributed by atoms with Crippen molar-refractivity contribution < 1.29 is 13.8 Å². The Morgan fingerprint density at radius 1 is 1.00 bits per heavy atom. The maximum atomic E-state index is 12.4. The normalized spacial score (nSPS) is 15.7. The summed E-state index contributed by atoms with van der Waals surface area (Å²) in [5, 5.41) is 4.14. The Morgan fingerprint density at radius 3 is 2.23 bits per heavy atom. The first-order chi connectivity index (χ1) is 12.5. The van der Waals surface area contributed by atoms with Crippen LogP contribution in [0.15, 0.2) is 41.1 Å². The van der Waals surface area contributed by atoms with Gasteiger partial charge in [0.2, 0.25) is 11.8 Å². The molecule has 2 amide bonds. The summed E-state index contributed by atoms with van der Waals surface area (Å²) in [6.45, 7) is 3.68. The second-order valence-corrected chi connectivity index (χ2v) is 8.56. The third-order valence-electron chi connectivity index (χ3n) is 4.50. The van der Waals surface area contributed by atoms with E-state index in [1.165, 1.54) is 12.5 Å². The van der Waals surface area contributed by atoms with E-state index >= 15 is 0 Å². The highest BCUT2D eigenvalue weighted by Gasteiger charge is 2.23. The smallest absolute Gasteiger partial charge is 0.235 e. The predicted octanol–water partition coefficient (Wildman–Crippen LogP) is 2.35. The molecule has 1 unspecified atom stereocenters. The van der Waals surface area contributed by atoms with Crippen molar-refractivity contribution in [2.45, 2.75) is 12.7 Å². The molecule has 1 fully saturated rings. The molecule has 1 saturated heterocycles. The van der Waals surface area contributed by atoms with E-state index in [1.807, 2.05) is 29.6 Å². The fourth-order valence-corrected chi connectivity index (χ4v) is 4.75. The number of thiophene rings is 1. The van der Waals surface area contributed by atoms with Crippen molar-refractivity contribution in [3.05, 3.63) is 46.7 Å². The van der Waals surface area contributed by atoms with Gasteiger partial charge >= 0.3 is 0 Å². The van der Waals surface area contributed by atoms with Crippen molar-refractivity contribution in [3.8, 4) is 11.1 Å². The second-order valence-electron chi connectivity index (χ2n) is 6.32. The van der Waals surface area contributed by atoms with Gasteiger partial charge in [0.15, 0.2) is 0 Å². The van der Waals surface area contributed by atoms with Crippen LogP contribution < -0.4 is 0 Å². The van der Waals surface area contributed by atoms with Gasteiger partial charge in [-0.25, -0.2) is 0 Å². The summed E-state index contributed by atoms with van der Waals surface area (Å²) in [6.07, 6.45) is 0. The van der Waals surface area contributed by atoms with Crippen LogP contribution >= 0.6 is 11.3 Å². The van der Waals surface area contributed by atoms with E-state index < -0.39 is 10.8 Å². The summed E-state index contributed by atoms with van der Waals surface area (Å²) >= 11 is 1.66. The van der Waals surface area contributed by atoms with E-state index in [0.29, 0.717) is 31.9 Å². The molecule has 1 aromatic carbocycles. The Morgan fingerprint density at radius 2 is 1.65 bits per heavy atom. The molecule has 0 saturated carbocycles. The van der Waals surface area contributed by atoms with Gasteiger partial charge in [-0.3, -0.25) is 13.8 Å². The molecule has 1 aliphatic heterocycles. The highest BCUT2D eigenvalue weighted by atomic mass is 32.2. The van der Waals surface area contributed by atoms with Gasteiger partial charge in [0.1, 0.15) is 5.75 Å². The Labute approximate surface area is 160 Å². The van der Waals surface area contributed by atoms with E-state index in [4.69, 9.17) is 0 Å². The first-order valence-electron chi connectivity index (χ1n) is 8.52. The van der Waals surface area contributed by atoms with Gasteiger partial charge in [0, 0.05) is 49.7 Å². The van der Waals surface area contributed by atoms with E-state index in [9.17, 15) is 13.8 Å². The van der Waals surface area contributed by atoms with Gasteiger partial charge in [-0.05, 0) is 33.5 Å². The summed E-state index contributed by atoms with van der Waals surface area (Å²) < 4.78 is 12.4. The highest BCUT2D eigenvalue weighted by Crippen LogP contribution is 2.22. The van der Waals surface area contributed by atoms with Crippen LogP contribution in [0.1, 0.15) is 12.5 Å². The van der Waals surface area contributed by atoms with Crippen LogP contribution in [0.4, 0.5) is 0 Å². The lowest BCUT2D eigenvalue weighted by molar-refractivity contribution is -0.136. The second kappa shape index (κ2) is 8.60. The number of benzene rings is 1. The SMILES string of the molecule is CC(=O)N1CCN(C(=O)CS(=O)Cc2ccc(-c3ccsc3)cc2)CC1. The fraction of sp³-hybridized carbons (Fsp3) is 0.368. The maximum absolute atomic E-state index is 12.4. The van der Waals surface area contributed by atoms with Crippen molar-refractivity contribution in [1.82, 2.24) is 9.80 Å². The van der Waals surface area contributed by atoms with Crippen LogP contribution in [0.2, 0.25) is 0 Å². The molecule has 0 aliphatic carbocycles. The van der Waals surface area contributed by atoms with Crippen molar-refractivity contribution in [3.63, 3.8) is 0 Å². The zero-order valence-corrected chi connectivity index (χ0v) is 16.4. The van der Waals surface area contributed by atoms with Crippen LogP contribution in [0.3, 0.4) is 0 Å². The maximum Gasteiger partial charge on any atom is 0.235 e. The minimum atomic E-state index is -1.23. The van der Waals surface area contributed by atoms with Gasteiger partial charge in [-0.1, -0.05) is 24.3 Å². The Balaban J connectivity index is 1.49. The first kappa shape index (κ1) is 18.8. The summed E-state index contributed by atoms with van der Waals surface area (Å²) in [6, 6.07) is 10.1. The number of rotatable bonds is 5. The van der Waals surface area contributed by atoms with E-state index in [-0.39, 0.29) is 17.6 Å². The van der Waals surface area contributed by atoms with Crippen LogP contribution in [-0.2, 0) is 26.1 Å². The van der Waals surface area contributed by atoms with E-state index in [1.54, 1.807) is 21.1 Å². The van der Waals surface area contributed by atoms with Crippen molar-refractivity contribution >= 4 is 34.0 Å². The molecule has 7 heteroatoms. The molecule has 1 aromatic heterocycles. The standard InChI is InChI=1S/C19H22N2O3S2/c1-15(22)20-7-9-21(10-8-20)19(23)14-26(24)13-16-2-4-17(5-3-16)18-6-11-25-12-18/h2-6,11-12H,7-10,13-14H2,1H3. The summed E-state index contributed by atoms with van der Waals surface area (Å²) in [5.41, 5.74) is 3.29. The number of hydrogen-bond acceptors (Lipinski definition) is 4. The van der Waals surface area contributed by atoms with Gasteiger partial charge in [-0.2, -0.15) is 11.3 Å². The first-order valence-corrected chi connectivity index (χ1v) is 11.0. The van der Waals surface area contributed by atoms with Crippen molar-refractivity contribution in [2.24, 2.45) is 0 Å². The molecule has 5 nitrogen and oxygen atoms in total. The van der Waals surface area contributed by atoms with Gasteiger partial charge in [-0.15, -0.1) is 0 Å². The molecule has 138 valence electrons. The molecule has 1 aliphatic rings. The van der Waals surface area contributed by atoms with Crippen molar-refractivity contribution in [1.29, 1.82) is 0 Å². The monoisotopic (exact) mass is 390 g/mol. The summed E-state index contributed by atoms with van der Waals surface area (Å²) in [4.78, 5) is 27.1. The Kier molecular flexibility index (Phi) is 6.21. The van der Waals surface area contributed by atoms with Gasteiger partial charge in [0.25, 0.3) is 0 Å². The number of piperazine rings is 1. The number of carbonyl (C=O) groups is 2. The topological polar surface area (TPSA) is 57.7 Å². The number of hydrogen-bond donors (Lipinski definition) is 0. The molecule has 0 bridgehead atoms. The molecule has 0 spiro atoms. The average Bonchev–Trinajstić information content (AvgIpc) is 3.17. The van der Waals surface area contributed by atoms with Crippen LogP contribution in [0.25, 0.3) is 11.1 Å². The molecule has 26 heavy (non-hydrogen) atoms. The quantitative estimate of drug-likeness (QED) is 0.787. The van der Waals surface area contributed by atoms with E-state index in [0.717, 1.165) is 11.1 Å². The molecular formula is C19H22N2O3S2. The van der Waals surface area contributed by atoms with Crippen LogP contribution in [0, 0.1) is 0 Å². The third-order valence-corrected chi connectivity index (χ3v) is 6.41. The van der Waals surface area contributed by atoms with Gasteiger partial charge in [0.05, 0.1) is 0 Å². The van der Waals surface area contributed by atoms with Crippen LogP contribution in [-0.4, -0.2) is 57.8 Å². The zero-order valence-electron chi connectivity index (χ0n) is 14.7. The largest absolute Gasteiger partial charge is 0.339 e. The lowest BCUT2D eigenvalue weighted by atomic mass is 10.1. The summed E-state index contributed by atoms with van der Waals surface area (Å²) in [7, 11) is -1.23. The Bertz CT molecular complexity index is 780. The third kappa shape index (κ3) is 4.80. The molecule has 0 radical (unpaired) electrons. The molecule has 3 rings (SSSR count). The Hall–Kier alpha value is -1.99. The fourth-order valence-electron chi connectivity index (χ4n) is 2.96. The number of carbonyl (C=O) groups excluding carboxylic acids is 2. The molecule has 0 N–H and O–H groups in total. The minimum Gasteiger partial charge on any atom is -0.339 e. The molecule has 1 atom stereocenters. The highest BCUT2D eigenvalue weighted by molar-refractivity contribution is 7.84. The van der Waals surface area contributed by atoms with E-state index in [2.05, 4.69) is 11.4 Å². The van der Waals surface area contributed by atoms with Crippen LogP contribution in [0.5, 0.6) is 0 Å². The average molecular weight is 391 g/mol. The lowest BCUT2D eigenvalue weighted by Crippen LogP contribution is -2.51.